The maximum atomic E-state index is 8.68. The number of nitriles is 1. The van der Waals surface area contributed by atoms with Crippen molar-refractivity contribution in [3.63, 3.8) is 0 Å². The van der Waals surface area contributed by atoms with Gasteiger partial charge < -0.3 is 15.4 Å². The first-order chi connectivity index (χ1) is 8.69. The molecule has 0 spiro atoms. The fraction of sp³-hybridized carbons (Fsp3) is 0.500. The van der Waals surface area contributed by atoms with E-state index in [9.17, 15) is 0 Å². The minimum Gasteiger partial charge on any atom is -0.383 e. The van der Waals surface area contributed by atoms with Gasteiger partial charge in [-0.05, 0) is 24.6 Å². The molecular weight excluding hydrogens is 226 g/mol. The lowest BCUT2D eigenvalue weighted by molar-refractivity contribution is 0.205. The fourth-order valence-corrected chi connectivity index (χ4v) is 1.75. The molecule has 0 aliphatic heterocycles. The lowest BCUT2D eigenvalue weighted by Crippen LogP contribution is -2.28. The Morgan fingerprint density at radius 3 is 2.50 bits per heavy atom. The molecule has 0 radical (unpaired) electrons. The van der Waals surface area contributed by atoms with Gasteiger partial charge in [0.25, 0.3) is 0 Å². The predicted molar refractivity (Wildman–Crippen MR) is 73.4 cm³/mol. The summed E-state index contributed by atoms with van der Waals surface area (Å²) in [6, 6.07) is 10.4. The summed E-state index contributed by atoms with van der Waals surface area (Å²) in [6.45, 7) is 4.13. The van der Waals surface area contributed by atoms with Crippen molar-refractivity contribution in [2.75, 3.05) is 31.7 Å². The Balaban J connectivity index is 2.74. The molecule has 18 heavy (non-hydrogen) atoms. The van der Waals surface area contributed by atoms with Crippen molar-refractivity contribution in [3.8, 4) is 6.07 Å². The molecule has 98 valence electrons. The summed E-state index contributed by atoms with van der Waals surface area (Å²) in [7, 11) is 1.68. The summed E-state index contributed by atoms with van der Waals surface area (Å²) in [5, 5.41) is 8.68. The third-order valence-electron chi connectivity index (χ3n) is 2.84. The molecule has 0 heterocycles. The van der Waals surface area contributed by atoms with Crippen LogP contribution in [0.2, 0.25) is 0 Å². The average Bonchev–Trinajstić information content (AvgIpc) is 2.39. The molecule has 0 aromatic heterocycles. The molecule has 1 aromatic carbocycles. The molecule has 0 aliphatic carbocycles. The highest BCUT2D eigenvalue weighted by Crippen LogP contribution is 2.18. The molecule has 0 bridgehead atoms. The van der Waals surface area contributed by atoms with E-state index in [2.05, 4.69) is 11.0 Å². The van der Waals surface area contributed by atoms with Gasteiger partial charge in [0, 0.05) is 31.9 Å². The molecule has 4 heteroatoms. The number of rotatable bonds is 7. The Bertz CT molecular complexity index is 381. The van der Waals surface area contributed by atoms with Crippen molar-refractivity contribution in [2.24, 2.45) is 5.73 Å². The van der Waals surface area contributed by atoms with Gasteiger partial charge >= 0.3 is 0 Å². The number of anilines is 1. The summed E-state index contributed by atoms with van der Waals surface area (Å²) >= 11 is 0. The van der Waals surface area contributed by atoms with Gasteiger partial charge in [-0.3, -0.25) is 0 Å². The van der Waals surface area contributed by atoms with E-state index in [1.165, 1.54) is 0 Å². The molecular formula is C14H21N3O. The van der Waals surface area contributed by atoms with Crippen LogP contribution >= 0.6 is 0 Å². The van der Waals surface area contributed by atoms with Crippen LogP contribution in [0.25, 0.3) is 0 Å². The fourth-order valence-electron chi connectivity index (χ4n) is 1.75. The van der Waals surface area contributed by atoms with Crippen molar-refractivity contribution < 1.29 is 4.74 Å². The van der Waals surface area contributed by atoms with E-state index in [-0.39, 0.29) is 6.04 Å². The summed E-state index contributed by atoms with van der Waals surface area (Å²) in [6.07, 6.45) is 0.513. The minimum absolute atomic E-state index is 0.0468. The van der Waals surface area contributed by atoms with E-state index in [4.69, 9.17) is 15.7 Å². The van der Waals surface area contributed by atoms with E-state index in [0.717, 1.165) is 24.3 Å². The molecule has 0 aliphatic rings. The third-order valence-corrected chi connectivity index (χ3v) is 2.84. The first kappa shape index (κ1) is 14.5. The van der Waals surface area contributed by atoms with Gasteiger partial charge in [-0.15, -0.1) is 0 Å². The Morgan fingerprint density at radius 1 is 1.33 bits per heavy atom. The van der Waals surface area contributed by atoms with E-state index in [0.29, 0.717) is 13.0 Å². The van der Waals surface area contributed by atoms with Crippen molar-refractivity contribution in [1.82, 2.24) is 0 Å². The summed E-state index contributed by atoms with van der Waals surface area (Å²) in [5.41, 5.74) is 8.04. The molecule has 0 fully saturated rings. The monoisotopic (exact) mass is 247 g/mol. The smallest absolute Gasteiger partial charge is 0.0640 e. The van der Waals surface area contributed by atoms with Crippen LogP contribution in [0, 0.1) is 11.3 Å². The SMILES string of the molecule is COCCN(CCC#N)c1ccc(C(C)N)cc1. The van der Waals surface area contributed by atoms with Gasteiger partial charge in [0.1, 0.15) is 0 Å². The number of nitrogens with two attached hydrogens (primary N) is 1. The summed E-state index contributed by atoms with van der Waals surface area (Å²) in [5.74, 6) is 0. The van der Waals surface area contributed by atoms with Crippen molar-refractivity contribution in [3.05, 3.63) is 29.8 Å². The second kappa shape index (κ2) is 7.70. The van der Waals surface area contributed by atoms with Crippen LogP contribution in [0.1, 0.15) is 24.9 Å². The third kappa shape index (κ3) is 4.36. The molecule has 1 unspecified atom stereocenters. The van der Waals surface area contributed by atoms with Crippen molar-refractivity contribution in [2.45, 2.75) is 19.4 Å². The number of hydrogen-bond donors (Lipinski definition) is 1. The van der Waals surface area contributed by atoms with Crippen LogP contribution in [-0.4, -0.2) is 26.8 Å². The minimum atomic E-state index is 0.0468. The van der Waals surface area contributed by atoms with Gasteiger partial charge in [-0.25, -0.2) is 0 Å². The Kier molecular flexibility index (Phi) is 6.20. The van der Waals surface area contributed by atoms with Crippen molar-refractivity contribution >= 4 is 5.69 Å². The lowest BCUT2D eigenvalue weighted by Gasteiger charge is -2.24. The number of benzene rings is 1. The van der Waals surface area contributed by atoms with Gasteiger partial charge in [-0.1, -0.05) is 12.1 Å². The molecule has 1 atom stereocenters. The zero-order chi connectivity index (χ0) is 13.4. The summed E-state index contributed by atoms with van der Waals surface area (Å²) < 4.78 is 5.09. The van der Waals surface area contributed by atoms with Crippen LogP contribution in [0.3, 0.4) is 0 Å². The zero-order valence-corrected chi connectivity index (χ0v) is 11.1. The highest BCUT2D eigenvalue weighted by molar-refractivity contribution is 5.48. The molecule has 1 aromatic rings. The highest BCUT2D eigenvalue weighted by Gasteiger charge is 2.06. The van der Waals surface area contributed by atoms with E-state index < -0.39 is 0 Å². The van der Waals surface area contributed by atoms with Crippen LogP contribution in [0.15, 0.2) is 24.3 Å². The van der Waals surface area contributed by atoms with E-state index >= 15 is 0 Å². The van der Waals surface area contributed by atoms with Crippen molar-refractivity contribution in [1.29, 1.82) is 5.26 Å². The van der Waals surface area contributed by atoms with E-state index in [1.54, 1.807) is 7.11 Å². The topological polar surface area (TPSA) is 62.3 Å². The molecule has 1 rings (SSSR count). The van der Waals surface area contributed by atoms with Crippen LogP contribution in [0.5, 0.6) is 0 Å². The van der Waals surface area contributed by atoms with Gasteiger partial charge in [0.15, 0.2) is 0 Å². The lowest BCUT2D eigenvalue weighted by atomic mass is 10.1. The standard InChI is InChI=1S/C14H21N3O/c1-12(16)13-4-6-14(7-5-13)17(9-3-8-15)10-11-18-2/h4-7,12H,3,9-11,16H2,1-2H3. The summed E-state index contributed by atoms with van der Waals surface area (Å²) in [4.78, 5) is 2.15. The number of nitrogens with zero attached hydrogens (tertiary/aromatic N) is 2. The second-order valence-corrected chi connectivity index (χ2v) is 4.27. The first-order valence-electron chi connectivity index (χ1n) is 6.15. The van der Waals surface area contributed by atoms with Gasteiger partial charge in [-0.2, -0.15) is 5.26 Å². The predicted octanol–water partition coefficient (Wildman–Crippen LogP) is 2.07. The second-order valence-electron chi connectivity index (χ2n) is 4.27. The van der Waals surface area contributed by atoms with E-state index in [1.807, 2.05) is 31.2 Å². The molecule has 4 nitrogen and oxygen atoms in total. The normalized spacial score (nSPS) is 11.9. The quantitative estimate of drug-likeness (QED) is 0.801. The Labute approximate surface area is 109 Å². The maximum absolute atomic E-state index is 8.68. The first-order valence-corrected chi connectivity index (χ1v) is 6.15. The Hall–Kier alpha value is -1.57. The number of methoxy groups -OCH3 is 1. The molecule has 2 N–H and O–H groups in total. The van der Waals surface area contributed by atoms with Crippen LogP contribution in [0.4, 0.5) is 5.69 Å². The molecule has 0 saturated carbocycles. The highest BCUT2D eigenvalue weighted by atomic mass is 16.5. The average molecular weight is 247 g/mol. The number of ether oxygens (including phenoxy) is 1. The zero-order valence-electron chi connectivity index (χ0n) is 11.1. The molecule has 0 saturated heterocycles. The van der Waals surface area contributed by atoms with Gasteiger partial charge in [0.2, 0.25) is 0 Å². The van der Waals surface area contributed by atoms with Gasteiger partial charge in [0.05, 0.1) is 19.1 Å². The van der Waals surface area contributed by atoms with Crippen LogP contribution < -0.4 is 10.6 Å². The Morgan fingerprint density at radius 2 is 2.00 bits per heavy atom. The largest absolute Gasteiger partial charge is 0.383 e. The van der Waals surface area contributed by atoms with Crippen LogP contribution in [-0.2, 0) is 4.74 Å². The maximum Gasteiger partial charge on any atom is 0.0640 e. The molecule has 0 amide bonds. The number of hydrogen-bond acceptors (Lipinski definition) is 4.